The van der Waals surface area contributed by atoms with Gasteiger partial charge < -0.3 is 19.6 Å². The largest absolute Gasteiger partial charge is 0.493 e. The van der Waals surface area contributed by atoms with Crippen molar-refractivity contribution in [2.45, 2.75) is 0 Å². The van der Waals surface area contributed by atoms with Gasteiger partial charge in [-0.2, -0.15) is 5.26 Å². The summed E-state index contributed by atoms with van der Waals surface area (Å²) in [4.78, 5) is 30.3. The number of carbonyl (C=O) groups is 1. The third-order valence-corrected chi connectivity index (χ3v) is 4.24. The van der Waals surface area contributed by atoms with Crippen LogP contribution >= 0.6 is 11.6 Å². The number of benzene rings is 2. The van der Waals surface area contributed by atoms with Crippen molar-refractivity contribution in [1.29, 1.82) is 5.26 Å². The highest BCUT2D eigenvalue weighted by Gasteiger charge is 2.11. The number of H-pyrrole nitrogens is 1. The first-order chi connectivity index (χ1) is 13.9. The summed E-state index contributed by atoms with van der Waals surface area (Å²) in [5.41, 5.74) is 0.428. The van der Waals surface area contributed by atoms with Crippen LogP contribution in [0.1, 0.15) is 21.7 Å². The molecule has 8 nitrogen and oxygen atoms in total. The van der Waals surface area contributed by atoms with Crippen molar-refractivity contribution in [2.24, 2.45) is 0 Å². The SMILES string of the molecule is COc1cc(/C=C(/Cl)c2nc3cc(C(=O)O)ccc3c(=O)[nH]2)ccc1OCC#N. The summed E-state index contributed by atoms with van der Waals surface area (Å²) in [6, 6.07) is 10.9. The molecule has 3 aromatic rings. The number of hydrogen-bond donors (Lipinski definition) is 2. The Kier molecular flexibility index (Phi) is 5.81. The molecule has 3 rings (SSSR count). The van der Waals surface area contributed by atoms with Gasteiger partial charge in [0.1, 0.15) is 6.07 Å². The van der Waals surface area contributed by atoms with Crippen LogP contribution in [0.2, 0.25) is 0 Å². The average molecular weight is 412 g/mol. The number of nitrogens with one attached hydrogen (secondary N) is 1. The van der Waals surface area contributed by atoms with Crippen molar-refractivity contribution in [1.82, 2.24) is 9.97 Å². The van der Waals surface area contributed by atoms with Gasteiger partial charge in [0.15, 0.2) is 23.9 Å². The van der Waals surface area contributed by atoms with E-state index in [-0.39, 0.29) is 33.9 Å². The maximum atomic E-state index is 12.3. The first-order valence-electron chi connectivity index (χ1n) is 8.25. The lowest BCUT2D eigenvalue weighted by atomic mass is 10.1. The van der Waals surface area contributed by atoms with Gasteiger partial charge in [-0.3, -0.25) is 4.79 Å². The molecule has 1 aromatic heterocycles. The van der Waals surface area contributed by atoms with Gasteiger partial charge in [-0.15, -0.1) is 0 Å². The van der Waals surface area contributed by atoms with Crippen LogP contribution in [0.15, 0.2) is 41.2 Å². The molecule has 0 fully saturated rings. The minimum absolute atomic E-state index is 0.0133. The molecular weight excluding hydrogens is 398 g/mol. The number of aromatic carboxylic acids is 1. The molecule has 0 aliphatic rings. The predicted molar refractivity (Wildman–Crippen MR) is 107 cm³/mol. The molecule has 0 saturated carbocycles. The Balaban J connectivity index is 2.01. The Labute approximate surface area is 169 Å². The number of carboxylic acids is 1. The highest BCUT2D eigenvalue weighted by Crippen LogP contribution is 2.30. The van der Waals surface area contributed by atoms with Gasteiger partial charge in [0.25, 0.3) is 5.56 Å². The summed E-state index contributed by atoms with van der Waals surface area (Å²) in [5.74, 6) is -0.219. The summed E-state index contributed by atoms with van der Waals surface area (Å²) in [7, 11) is 1.46. The van der Waals surface area contributed by atoms with Gasteiger partial charge in [-0.05, 0) is 42.0 Å². The number of carboxylic acid groups (broad SMARTS) is 1. The van der Waals surface area contributed by atoms with E-state index in [9.17, 15) is 9.59 Å². The number of halogens is 1. The van der Waals surface area contributed by atoms with E-state index < -0.39 is 11.5 Å². The zero-order valence-corrected chi connectivity index (χ0v) is 15.9. The fourth-order valence-electron chi connectivity index (χ4n) is 2.60. The van der Waals surface area contributed by atoms with Crippen molar-refractivity contribution in [3.8, 4) is 17.6 Å². The van der Waals surface area contributed by atoms with E-state index in [4.69, 9.17) is 31.4 Å². The molecule has 0 spiro atoms. The minimum atomic E-state index is -1.12. The van der Waals surface area contributed by atoms with E-state index in [1.54, 1.807) is 24.3 Å². The van der Waals surface area contributed by atoms with Crippen LogP contribution in [0.25, 0.3) is 22.0 Å². The second-order valence-corrected chi connectivity index (χ2v) is 6.21. The molecule has 0 unspecified atom stereocenters. The monoisotopic (exact) mass is 411 g/mol. The summed E-state index contributed by atoms with van der Waals surface area (Å²) in [6.45, 7) is -0.118. The minimum Gasteiger partial charge on any atom is -0.493 e. The fraction of sp³-hybridized carbons (Fsp3) is 0.100. The van der Waals surface area contributed by atoms with Crippen LogP contribution in [0, 0.1) is 11.3 Å². The van der Waals surface area contributed by atoms with Crippen LogP contribution < -0.4 is 15.0 Å². The first-order valence-corrected chi connectivity index (χ1v) is 8.63. The number of fused-ring (bicyclic) bond motifs is 1. The van der Waals surface area contributed by atoms with Crippen LogP contribution in [-0.2, 0) is 0 Å². The smallest absolute Gasteiger partial charge is 0.335 e. The number of hydrogen-bond acceptors (Lipinski definition) is 6. The molecule has 29 heavy (non-hydrogen) atoms. The van der Waals surface area contributed by atoms with E-state index in [2.05, 4.69) is 9.97 Å². The van der Waals surface area contributed by atoms with Crippen molar-refractivity contribution >= 4 is 39.6 Å². The molecular formula is C20H14ClN3O5. The van der Waals surface area contributed by atoms with Crippen LogP contribution in [0.5, 0.6) is 11.5 Å². The van der Waals surface area contributed by atoms with Crippen molar-refractivity contribution in [3.63, 3.8) is 0 Å². The fourth-order valence-corrected chi connectivity index (χ4v) is 2.82. The van der Waals surface area contributed by atoms with E-state index in [0.717, 1.165) is 0 Å². The van der Waals surface area contributed by atoms with Gasteiger partial charge in [0.05, 0.1) is 28.6 Å². The molecule has 0 saturated heterocycles. The van der Waals surface area contributed by atoms with Crippen LogP contribution in [-0.4, -0.2) is 34.8 Å². The lowest BCUT2D eigenvalue weighted by molar-refractivity contribution is 0.0697. The number of ether oxygens (including phenoxy) is 2. The van der Waals surface area contributed by atoms with Gasteiger partial charge in [0.2, 0.25) is 0 Å². The summed E-state index contributed by atoms with van der Waals surface area (Å²) in [5, 5.41) is 18.1. The van der Waals surface area contributed by atoms with E-state index in [0.29, 0.717) is 17.1 Å². The normalized spacial score (nSPS) is 11.1. The molecule has 0 amide bonds. The zero-order valence-electron chi connectivity index (χ0n) is 15.1. The Morgan fingerprint density at radius 2 is 2.10 bits per heavy atom. The summed E-state index contributed by atoms with van der Waals surface area (Å²) >= 11 is 6.33. The van der Waals surface area contributed by atoms with Gasteiger partial charge >= 0.3 is 5.97 Å². The Morgan fingerprint density at radius 3 is 2.79 bits per heavy atom. The van der Waals surface area contributed by atoms with Crippen molar-refractivity contribution in [2.75, 3.05) is 13.7 Å². The topological polar surface area (TPSA) is 125 Å². The standard InChI is InChI=1S/C20H14ClN3O5/c1-28-17-9-11(2-5-16(17)29-7-6-22)8-14(21)18-23-15-10-12(20(26)27)3-4-13(15)19(25)24-18/h2-5,8-10H,7H2,1H3,(H,26,27)(H,23,24,25)/b14-8+. The van der Waals surface area contributed by atoms with Gasteiger partial charge in [-0.1, -0.05) is 17.7 Å². The second kappa shape index (κ2) is 8.46. The molecule has 2 N–H and O–H groups in total. The summed E-state index contributed by atoms with van der Waals surface area (Å²) < 4.78 is 10.5. The second-order valence-electron chi connectivity index (χ2n) is 5.80. The number of nitriles is 1. The predicted octanol–water partition coefficient (Wildman–Crippen LogP) is 3.27. The summed E-state index contributed by atoms with van der Waals surface area (Å²) in [6.07, 6.45) is 1.56. The van der Waals surface area contributed by atoms with E-state index in [1.165, 1.54) is 25.3 Å². The molecule has 146 valence electrons. The maximum Gasteiger partial charge on any atom is 0.335 e. The first kappa shape index (κ1) is 19.9. The zero-order chi connectivity index (χ0) is 21.0. The Bertz CT molecular complexity index is 1230. The molecule has 0 aliphatic heterocycles. The molecule has 0 radical (unpaired) electrons. The molecule has 9 heteroatoms. The highest BCUT2D eigenvalue weighted by atomic mass is 35.5. The number of nitrogens with zero attached hydrogens (tertiary/aromatic N) is 2. The van der Waals surface area contributed by atoms with E-state index in [1.807, 2.05) is 6.07 Å². The van der Waals surface area contributed by atoms with Crippen molar-refractivity contribution < 1.29 is 19.4 Å². The average Bonchev–Trinajstić information content (AvgIpc) is 2.72. The van der Waals surface area contributed by atoms with Crippen LogP contribution in [0.3, 0.4) is 0 Å². The molecule has 1 heterocycles. The molecule has 2 aromatic carbocycles. The number of methoxy groups -OCH3 is 1. The maximum absolute atomic E-state index is 12.3. The molecule has 0 aliphatic carbocycles. The van der Waals surface area contributed by atoms with Crippen LogP contribution in [0.4, 0.5) is 0 Å². The molecule has 0 atom stereocenters. The third kappa shape index (κ3) is 4.36. The Hall–Kier alpha value is -3.83. The van der Waals surface area contributed by atoms with E-state index >= 15 is 0 Å². The third-order valence-electron chi connectivity index (χ3n) is 3.95. The number of aromatic amines is 1. The highest BCUT2D eigenvalue weighted by molar-refractivity contribution is 6.50. The molecule has 0 bridgehead atoms. The number of rotatable bonds is 6. The lowest BCUT2D eigenvalue weighted by Gasteiger charge is -2.09. The van der Waals surface area contributed by atoms with Gasteiger partial charge in [-0.25, -0.2) is 9.78 Å². The number of aromatic nitrogens is 2. The quantitative estimate of drug-likeness (QED) is 0.637. The lowest BCUT2D eigenvalue weighted by Crippen LogP contribution is -2.11. The van der Waals surface area contributed by atoms with Gasteiger partial charge in [0, 0.05) is 0 Å². The van der Waals surface area contributed by atoms with Crippen molar-refractivity contribution in [3.05, 3.63) is 63.7 Å². The Morgan fingerprint density at radius 1 is 1.31 bits per heavy atom.